The molecule has 0 aliphatic carbocycles. The fraction of sp³-hybridized carbons (Fsp3) is 0.138. The van der Waals surface area contributed by atoms with Crippen LogP contribution in [0.4, 0.5) is 5.69 Å². The number of hydrogen-bond donors (Lipinski definition) is 1. The van der Waals surface area contributed by atoms with E-state index in [2.05, 4.69) is 10.3 Å². The number of hydrogen-bond acceptors (Lipinski definition) is 7. The lowest BCUT2D eigenvalue weighted by Gasteiger charge is -2.15. The van der Waals surface area contributed by atoms with Crippen LogP contribution in [0.2, 0.25) is 0 Å². The van der Waals surface area contributed by atoms with Crippen LogP contribution in [-0.2, 0) is 9.59 Å². The quantitative estimate of drug-likeness (QED) is 0.157. The molecule has 1 aliphatic rings. The molecule has 0 radical (unpaired) electrons. The van der Waals surface area contributed by atoms with Crippen LogP contribution in [0, 0.1) is 6.92 Å². The van der Waals surface area contributed by atoms with Crippen molar-refractivity contribution in [3.05, 3.63) is 94.9 Å². The molecule has 0 spiro atoms. The third-order valence-electron chi connectivity index (χ3n) is 5.97. The van der Waals surface area contributed by atoms with Gasteiger partial charge in [-0.1, -0.05) is 95.9 Å². The smallest absolute Gasteiger partial charge is 0.266 e. The average Bonchev–Trinajstić information content (AvgIpc) is 3.44. The molecule has 2 amide bonds. The van der Waals surface area contributed by atoms with Gasteiger partial charge in [0.05, 0.1) is 21.7 Å². The van der Waals surface area contributed by atoms with Gasteiger partial charge in [0, 0.05) is 18.7 Å². The molecule has 3 aromatic carbocycles. The van der Waals surface area contributed by atoms with Gasteiger partial charge in [0.15, 0.2) is 5.16 Å². The third kappa shape index (κ3) is 6.30. The first-order chi connectivity index (χ1) is 18.9. The molecular weight excluding hydrogens is 549 g/mol. The highest BCUT2D eigenvalue weighted by Crippen LogP contribution is 2.33. The lowest BCUT2D eigenvalue weighted by molar-refractivity contribution is -0.122. The van der Waals surface area contributed by atoms with Gasteiger partial charge >= 0.3 is 0 Å². The number of rotatable bonds is 8. The largest absolute Gasteiger partial charge is 0.325 e. The van der Waals surface area contributed by atoms with Gasteiger partial charge in [0.25, 0.3) is 5.91 Å². The first kappa shape index (κ1) is 26.9. The lowest BCUT2D eigenvalue weighted by atomic mass is 10.2. The van der Waals surface area contributed by atoms with E-state index in [4.69, 9.17) is 12.2 Å². The molecule has 1 fully saturated rings. The Kier molecular flexibility index (Phi) is 8.25. The second-order valence-electron chi connectivity index (χ2n) is 8.81. The fourth-order valence-electron chi connectivity index (χ4n) is 4.02. The number of thioether (sulfide) groups is 2. The Balaban J connectivity index is 1.28. The Hall–Kier alpha value is -3.73. The number of imidazole rings is 1. The van der Waals surface area contributed by atoms with E-state index in [0.717, 1.165) is 11.1 Å². The second-order valence-corrected chi connectivity index (χ2v) is 11.4. The van der Waals surface area contributed by atoms with Crippen LogP contribution >= 0.6 is 35.7 Å². The number of carbonyl (C=O) groups excluding carboxylic acids is 3. The topological polar surface area (TPSA) is 84.3 Å². The number of nitrogens with zero attached hydrogens (tertiary/aromatic N) is 3. The minimum atomic E-state index is -0.230. The van der Waals surface area contributed by atoms with E-state index in [1.807, 2.05) is 85.8 Å². The molecule has 5 rings (SSSR count). The number of benzene rings is 3. The van der Waals surface area contributed by atoms with Crippen LogP contribution in [0.5, 0.6) is 0 Å². The maximum absolute atomic E-state index is 13.5. The maximum Gasteiger partial charge on any atom is 0.266 e. The minimum Gasteiger partial charge on any atom is -0.325 e. The van der Waals surface area contributed by atoms with E-state index >= 15 is 0 Å². The number of amides is 2. The van der Waals surface area contributed by atoms with Gasteiger partial charge < -0.3 is 5.32 Å². The number of para-hydroxylation sites is 2. The first-order valence-electron chi connectivity index (χ1n) is 12.2. The summed E-state index contributed by atoms with van der Waals surface area (Å²) < 4.78 is 1.95. The van der Waals surface area contributed by atoms with Crippen molar-refractivity contribution in [2.75, 3.05) is 17.6 Å². The highest BCUT2D eigenvalue weighted by Gasteiger charge is 2.32. The number of aryl methyl sites for hydroxylation is 1. The Morgan fingerprint density at radius 2 is 1.74 bits per heavy atom. The Morgan fingerprint density at radius 3 is 2.51 bits per heavy atom. The number of nitrogens with one attached hydrogen (secondary N) is 1. The zero-order chi connectivity index (χ0) is 27.4. The van der Waals surface area contributed by atoms with Crippen LogP contribution in [0.3, 0.4) is 0 Å². The monoisotopic (exact) mass is 572 g/mol. The van der Waals surface area contributed by atoms with Crippen LogP contribution in [-0.4, -0.2) is 48.8 Å². The molecule has 1 saturated heterocycles. The highest BCUT2D eigenvalue weighted by atomic mass is 32.2. The number of thiocarbonyl (C=S) groups is 1. The van der Waals surface area contributed by atoms with Crippen molar-refractivity contribution in [1.82, 2.24) is 14.5 Å². The molecule has 7 nitrogen and oxygen atoms in total. The van der Waals surface area contributed by atoms with Gasteiger partial charge in [0.2, 0.25) is 11.8 Å². The van der Waals surface area contributed by atoms with Gasteiger partial charge in [-0.2, -0.15) is 0 Å². The van der Waals surface area contributed by atoms with Gasteiger partial charge in [-0.05, 0) is 42.8 Å². The third-order valence-corrected chi connectivity index (χ3v) is 8.28. The summed E-state index contributed by atoms with van der Waals surface area (Å²) in [5.74, 6) is -0.549. The van der Waals surface area contributed by atoms with Crippen LogP contribution in [0.1, 0.15) is 22.3 Å². The molecule has 2 heterocycles. The van der Waals surface area contributed by atoms with E-state index in [9.17, 15) is 14.4 Å². The molecule has 1 N–H and O–H groups in total. The number of carbonyl (C=O) groups is 3. The average molecular weight is 573 g/mol. The van der Waals surface area contributed by atoms with E-state index in [0.29, 0.717) is 31.1 Å². The fourth-order valence-corrected chi connectivity index (χ4v) is 6.15. The molecule has 0 saturated carbocycles. The van der Waals surface area contributed by atoms with Crippen molar-refractivity contribution in [2.45, 2.75) is 18.5 Å². The van der Waals surface area contributed by atoms with E-state index in [1.165, 1.54) is 33.0 Å². The minimum absolute atomic E-state index is 0.0501. The van der Waals surface area contributed by atoms with Crippen molar-refractivity contribution in [3.8, 4) is 0 Å². The van der Waals surface area contributed by atoms with Crippen molar-refractivity contribution < 1.29 is 14.4 Å². The van der Waals surface area contributed by atoms with Gasteiger partial charge in [-0.3, -0.25) is 23.9 Å². The van der Waals surface area contributed by atoms with Crippen LogP contribution in [0.15, 0.2) is 88.9 Å². The molecule has 0 unspecified atom stereocenters. The number of anilines is 1. The van der Waals surface area contributed by atoms with E-state index in [-0.39, 0.29) is 36.4 Å². The van der Waals surface area contributed by atoms with Crippen LogP contribution in [0.25, 0.3) is 17.1 Å². The standard InChI is InChI=1S/C29H24N4O3S3/c1-19-11-13-21(14-12-19)30-25(34)18-38-28-31-22-9-5-6-10-23(22)33(28)26(35)15-16-32-27(36)24(39-29(32)37)17-20-7-3-2-4-8-20/h2-14,17H,15-16,18H2,1H3,(H,30,34). The summed E-state index contributed by atoms with van der Waals surface area (Å²) in [6.07, 6.45) is 1.86. The Labute approximate surface area is 239 Å². The predicted molar refractivity (Wildman–Crippen MR) is 162 cm³/mol. The number of aromatic nitrogens is 2. The number of fused-ring (bicyclic) bond motifs is 1. The van der Waals surface area contributed by atoms with Crippen molar-refractivity contribution >= 4 is 80.6 Å². The summed E-state index contributed by atoms with van der Waals surface area (Å²) in [4.78, 5) is 45.6. The van der Waals surface area contributed by atoms with Gasteiger partial charge in [-0.15, -0.1) is 0 Å². The molecule has 1 aromatic heterocycles. The summed E-state index contributed by atoms with van der Waals surface area (Å²) in [7, 11) is 0. The summed E-state index contributed by atoms with van der Waals surface area (Å²) >= 11 is 7.87. The molecule has 0 atom stereocenters. The molecule has 0 bridgehead atoms. The molecule has 10 heteroatoms. The molecule has 196 valence electrons. The molecule has 1 aliphatic heterocycles. The second kappa shape index (κ2) is 12.0. The zero-order valence-corrected chi connectivity index (χ0v) is 23.4. The van der Waals surface area contributed by atoms with Crippen LogP contribution < -0.4 is 5.32 Å². The first-order valence-corrected chi connectivity index (χ1v) is 14.4. The summed E-state index contributed by atoms with van der Waals surface area (Å²) in [6.45, 7) is 2.13. The molecule has 4 aromatic rings. The van der Waals surface area contributed by atoms with Crippen molar-refractivity contribution in [2.24, 2.45) is 0 Å². The SMILES string of the molecule is Cc1ccc(NC(=O)CSc2nc3ccccc3n2C(=O)CCN2C(=O)C(=Cc3ccccc3)SC2=S)cc1. The molecular formula is C29H24N4O3S3. The summed E-state index contributed by atoms with van der Waals surface area (Å²) in [5.41, 5.74) is 4.03. The molecule has 39 heavy (non-hydrogen) atoms. The predicted octanol–water partition coefficient (Wildman–Crippen LogP) is 6.01. The van der Waals surface area contributed by atoms with Gasteiger partial charge in [0.1, 0.15) is 4.32 Å². The van der Waals surface area contributed by atoms with E-state index < -0.39 is 0 Å². The normalized spacial score (nSPS) is 14.4. The summed E-state index contributed by atoms with van der Waals surface area (Å²) in [5, 5.41) is 3.29. The van der Waals surface area contributed by atoms with Gasteiger partial charge in [-0.25, -0.2) is 4.98 Å². The van der Waals surface area contributed by atoms with Crippen molar-refractivity contribution in [1.29, 1.82) is 0 Å². The van der Waals surface area contributed by atoms with Crippen molar-refractivity contribution in [3.63, 3.8) is 0 Å². The Morgan fingerprint density at radius 1 is 1.03 bits per heavy atom. The maximum atomic E-state index is 13.5. The van der Waals surface area contributed by atoms with E-state index in [1.54, 1.807) is 6.08 Å². The summed E-state index contributed by atoms with van der Waals surface area (Å²) in [6, 6.07) is 24.4. The zero-order valence-electron chi connectivity index (χ0n) is 21.0. The highest BCUT2D eigenvalue weighted by molar-refractivity contribution is 8.26. The Bertz CT molecular complexity index is 1600. The lowest BCUT2D eigenvalue weighted by Crippen LogP contribution is -2.31.